The van der Waals surface area contributed by atoms with Crippen LogP contribution >= 0.6 is 11.8 Å². The van der Waals surface area contributed by atoms with Crippen LogP contribution in [0.5, 0.6) is 0 Å². The van der Waals surface area contributed by atoms with E-state index in [2.05, 4.69) is 10.2 Å². The second-order valence-corrected chi connectivity index (χ2v) is 10.3. The van der Waals surface area contributed by atoms with Crippen molar-refractivity contribution in [3.8, 4) is 0 Å². The fraction of sp³-hybridized carbons (Fsp3) is 0.444. The molecule has 0 spiro atoms. The summed E-state index contributed by atoms with van der Waals surface area (Å²) < 4.78 is 5.45. The number of aliphatic carboxylic acids is 1. The van der Waals surface area contributed by atoms with Crippen molar-refractivity contribution in [3.05, 3.63) is 81.4 Å². The summed E-state index contributed by atoms with van der Waals surface area (Å²) in [4.78, 5) is 54.4. The van der Waals surface area contributed by atoms with Gasteiger partial charge in [-0.1, -0.05) is 54.6 Å². The zero-order valence-electron chi connectivity index (χ0n) is 21.7. The Kier molecular flexibility index (Phi) is 11.6. The summed E-state index contributed by atoms with van der Waals surface area (Å²) in [6.07, 6.45) is 1.12. The number of esters is 1. The number of carbonyl (C=O) groups is 3. The Balaban J connectivity index is 1.62. The first-order valence-corrected chi connectivity index (χ1v) is 13.8. The number of aryl methyl sites for hydroxylation is 1. The molecule has 210 valence electrons. The van der Waals surface area contributed by atoms with Crippen molar-refractivity contribution in [3.63, 3.8) is 0 Å². The van der Waals surface area contributed by atoms with E-state index in [9.17, 15) is 29.6 Å². The minimum atomic E-state index is -1.05. The largest absolute Gasteiger partial charge is 0.480 e. The molecule has 0 saturated carbocycles. The van der Waals surface area contributed by atoms with E-state index in [0.717, 1.165) is 16.7 Å². The predicted octanol–water partition coefficient (Wildman–Crippen LogP) is 2.49. The standard InChI is InChI=1S/C27H33N3O8S/c1-19(28-23(26(32)33)12-11-20-7-3-2-4-8-20)25(31)29-18-22-10-6-5-9-21(22)17-24(29)27(34)37-13-15-39-16-14-38-30(35)36/h2-10,19,23-24,28H,11-18H2,1H3,(H,32,33). The summed E-state index contributed by atoms with van der Waals surface area (Å²) in [6, 6.07) is 14.4. The lowest BCUT2D eigenvalue weighted by Gasteiger charge is -2.37. The summed E-state index contributed by atoms with van der Waals surface area (Å²) >= 11 is 1.34. The van der Waals surface area contributed by atoms with Gasteiger partial charge in [0.05, 0.1) is 6.04 Å². The highest BCUT2D eigenvalue weighted by atomic mass is 32.2. The number of nitrogens with zero attached hydrogens (tertiary/aromatic N) is 2. The number of ether oxygens (including phenoxy) is 1. The predicted molar refractivity (Wildman–Crippen MR) is 144 cm³/mol. The lowest BCUT2D eigenvalue weighted by Crippen LogP contribution is -2.56. The number of amides is 1. The number of nitrogens with one attached hydrogen (secondary N) is 1. The van der Waals surface area contributed by atoms with E-state index in [1.807, 2.05) is 54.6 Å². The number of carboxylic acid groups (broad SMARTS) is 1. The molecule has 0 aliphatic carbocycles. The van der Waals surface area contributed by atoms with Gasteiger partial charge < -0.3 is 19.6 Å². The molecule has 1 amide bonds. The van der Waals surface area contributed by atoms with Crippen molar-refractivity contribution in [1.82, 2.24) is 10.2 Å². The number of carbonyl (C=O) groups excluding carboxylic acids is 2. The number of carboxylic acids is 1. The van der Waals surface area contributed by atoms with Crippen molar-refractivity contribution < 1.29 is 34.2 Å². The molecule has 39 heavy (non-hydrogen) atoms. The normalized spacial score (nSPS) is 16.0. The van der Waals surface area contributed by atoms with Gasteiger partial charge in [0, 0.05) is 24.5 Å². The second kappa shape index (κ2) is 15.1. The molecule has 3 atom stereocenters. The molecule has 0 bridgehead atoms. The van der Waals surface area contributed by atoms with E-state index in [-0.39, 0.29) is 32.1 Å². The third-order valence-corrected chi connectivity index (χ3v) is 7.29. The molecular weight excluding hydrogens is 526 g/mol. The maximum Gasteiger partial charge on any atom is 0.329 e. The van der Waals surface area contributed by atoms with Crippen molar-refractivity contribution in [2.75, 3.05) is 24.7 Å². The molecule has 11 nitrogen and oxygen atoms in total. The smallest absolute Gasteiger partial charge is 0.329 e. The highest BCUT2D eigenvalue weighted by Crippen LogP contribution is 2.25. The van der Waals surface area contributed by atoms with Gasteiger partial charge in [-0.05, 0) is 36.5 Å². The van der Waals surface area contributed by atoms with E-state index in [1.165, 1.54) is 16.7 Å². The van der Waals surface area contributed by atoms with Crippen LogP contribution in [0, 0.1) is 10.1 Å². The van der Waals surface area contributed by atoms with E-state index < -0.39 is 35.2 Å². The molecule has 1 heterocycles. The van der Waals surface area contributed by atoms with Gasteiger partial charge in [0.25, 0.3) is 5.09 Å². The van der Waals surface area contributed by atoms with E-state index in [4.69, 9.17) is 4.74 Å². The Hall–Kier alpha value is -3.64. The van der Waals surface area contributed by atoms with Gasteiger partial charge in [0.2, 0.25) is 5.91 Å². The average molecular weight is 560 g/mol. The number of hydrogen-bond acceptors (Lipinski definition) is 9. The Labute approximate surface area is 231 Å². The first-order valence-electron chi connectivity index (χ1n) is 12.7. The third kappa shape index (κ3) is 9.25. The molecule has 3 rings (SSSR count). The monoisotopic (exact) mass is 559 g/mol. The summed E-state index contributed by atoms with van der Waals surface area (Å²) in [5.74, 6) is -1.19. The molecule has 2 N–H and O–H groups in total. The molecular formula is C27H33N3O8S. The quantitative estimate of drug-likeness (QED) is 0.144. The molecule has 0 radical (unpaired) electrons. The minimum Gasteiger partial charge on any atom is -0.480 e. The first-order chi connectivity index (χ1) is 18.8. The maximum absolute atomic E-state index is 13.5. The highest BCUT2D eigenvalue weighted by Gasteiger charge is 2.38. The highest BCUT2D eigenvalue weighted by molar-refractivity contribution is 7.99. The van der Waals surface area contributed by atoms with E-state index >= 15 is 0 Å². The van der Waals surface area contributed by atoms with Crippen molar-refractivity contribution in [1.29, 1.82) is 0 Å². The van der Waals surface area contributed by atoms with Gasteiger partial charge in [-0.3, -0.25) is 14.9 Å². The SMILES string of the molecule is CC(NC(CCc1ccccc1)C(=O)O)C(=O)N1Cc2ccccc2CC1C(=O)OCCSCCO[N+](=O)[O-]. The van der Waals surface area contributed by atoms with Crippen LogP contribution in [-0.4, -0.2) is 75.8 Å². The Morgan fingerprint density at radius 1 is 1.10 bits per heavy atom. The summed E-state index contributed by atoms with van der Waals surface area (Å²) in [5.41, 5.74) is 2.87. The van der Waals surface area contributed by atoms with E-state index in [0.29, 0.717) is 24.3 Å². The Morgan fingerprint density at radius 3 is 2.46 bits per heavy atom. The number of rotatable bonds is 15. The molecule has 1 aliphatic heterocycles. The third-order valence-electron chi connectivity index (χ3n) is 6.38. The Morgan fingerprint density at radius 2 is 1.77 bits per heavy atom. The van der Waals surface area contributed by atoms with Crippen molar-refractivity contribution in [2.24, 2.45) is 0 Å². The van der Waals surface area contributed by atoms with Crippen LogP contribution in [0.4, 0.5) is 0 Å². The van der Waals surface area contributed by atoms with Gasteiger partial charge in [0.1, 0.15) is 25.3 Å². The van der Waals surface area contributed by atoms with Crippen LogP contribution in [0.2, 0.25) is 0 Å². The number of fused-ring (bicyclic) bond motifs is 1. The lowest BCUT2D eigenvalue weighted by molar-refractivity contribution is -0.756. The zero-order chi connectivity index (χ0) is 28.2. The molecule has 1 aliphatic rings. The average Bonchev–Trinajstić information content (AvgIpc) is 2.93. The molecule has 3 unspecified atom stereocenters. The fourth-order valence-electron chi connectivity index (χ4n) is 4.39. The summed E-state index contributed by atoms with van der Waals surface area (Å²) in [6.45, 7) is 1.83. The molecule has 0 fully saturated rings. The number of benzene rings is 2. The number of thioether (sulfide) groups is 1. The minimum absolute atomic E-state index is 0.0547. The van der Waals surface area contributed by atoms with Crippen molar-refractivity contribution >= 4 is 29.6 Å². The van der Waals surface area contributed by atoms with Crippen molar-refractivity contribution in [2.45, 2.75) is 50.9 Å². The number of hydrogen-bond donors (Lipinski definition) is 2. The summed E-state index contributed by atoms with van der Waals surface area (Å²) in [7, 11) is 0. The second-order valence-electron chi connectivity index (χ2n) is 9.09. The Bertz CT molecular complexity index is 1130. The molecule has 0 aromatic heterocycles. The molecule has 2 aromatic rings. The first kappa shape index (κ1) is 29.9. The van der Waals surface area contributed by atoms with Gasteiger partial charge in [-0.25, -0.2) is 4.79 Å². The van der Waals surface area contributed by atoms with Gasteiger partial charge >= 0.3 is 11.9 Å². The topological polar surface area (TPSA) is 148 Å². The summed E-state index contributed by atoms with van der Waals surface area (Å²) in [5, 5.41) is 22.0. The van der Waals surface area contributed by atoms with Crippen LogP contribution in [0.1, 0.15) is 30.0 Å². The van der Waals surface area contributed by atoms with Gasteiger partial charge in [0.15, 0.2) is 0 Å². The maximum atomic E-state index is 13.5. The lowest BCUT2D eigenvalue weighted by atomic mass is 9.93. The molecule has 12 heteroatoms. The van der Waals surface area contributed by atoms with Crippen LogP contribution in [-0.2, 0) is 43.3 Å². The zero-order valence-corrected chi connectivity index (χ0v) is 22.5. The fourth-order valence-corrected chi connectivity index (χ4v) is 4.99. The van der Waals surface area contributed by atoms with E-state index in [1.54, 1.807) is 6.92 Å². The van der Waals surface area contributed by atoms with Crippen LogP contribution < -0.4 is 5.32 Å². The van der Waals surface area contributed by atoms with Crippen LogP contribution in [0.3, 0.4) is 0 Å². The van der Waals surface area contributed by atoms with Crippen LogP contribution in [0.25, 0.3) is 0 Å². The van der Waals surface area contributed by atoms with Crippen LogP contribution in [0.15, 0.2) is 54.6 Å². The van der Waals surface area contributed by atoms with Gasteiger partial charge in [-0.2, -0.15) is 11.8 Å². The molecule has 0 saturated heterocycles. The molecule has 2 aromatic carbocycles. The van der Waals surface area contributed by atoms with Gasteiger partial charge in [-0.15, -0.1) is 10.1 Å².